The van der Waals surface area contributed by atoms with Gasteiger partial charge in [-0.2, -0.15) is 0 Å². The van der Waals surface area contributed by atoms with Crippen LogP contribution in [-0.2, 0) is 4.79 Å². The zero-order valence-corrected chi connectivity index (χ0v) is 9.70. The van der Waals surface area contributed by atoms with Gasteiger partial charge in [-0.05, 0) is 30.9 Å². The van der Waals surface area contributed by atoms with Gasteiger partial charge in [0, 0.05) is 11.8 Å². The number of carbonyl (C=O) groups excluding carboxylic acids is 1. The Morgan fingerprint density at radius 1 is 1.23 bits per heavy atom. The molecule has 0 aromatic carbocycles. The zero-order valence-electron chi connectivity index (χ0n) is 8.19. The lowest BCUT2D eigenvalue weighted by atomic mass is 10.1. The first-order chi connectivity index (χ1) is 6.16. The van der Waals surface area contributed by atoms with Crippen LogP contribution in [-0.4, -0.2) is 10.6 Å². The summed E-state index contributed by atoms with van der Waals surface area (Å²) in [4.78, 5) is 10.4. The van der Waals surface area contributed by atoms with Gasteiger partial charge < -0.3 is 0 Å². The number of unbranched alkanes of at least 4 members (excludes halogenated alkanes) is 2. The van der Waals surface area contributed by atoms with Gasteiger partial charge in [-0.3, -0.25) is 4.79 Å². The lowest BCUT2D eigenvalue weighted by molar-refractivity contribution is -0.111. The maximum atomic E-state index is 10.4. The summed E-state index contributed by atoms with van der Waals surface area (Å²) in [5.74, 6) is 0. The summed E-state index contributed by atoms with van der Waals surface area (Å²) in [5, 5.41) is -0.0278. The molecule has 3 heteroatoms. The molecule has 0 aromatic rings. The van der Waals surface area contributed by atoms with Gasteiger partial charge in [0.2, 0.25) is 5.24 Å². The third-order valence-corrected chi connectivity index (χ3v) is 2.64. The number of rotatable bonds is 8. The van der Waals surface area contributed by atoms with E-state index < -0.39 is 0 Å². The van der Waals surface area contributed by atoms with Gasteiger partial charge in [-0.1, -0.05) is 26.2 Å². The van der Waals surface area contributed by atoms with Crippen LogP contribution in [0.5, 0.6) is 0 Å². The van der Waals surface area contributed by atoms with Crippen LogP contribution in [0.1, 0.15) is 51.9 Å². The normalized spacial score (nSPS) is 12.8. The highest BCUT2D eigenvalue weighted by Gasteiger charge is 2.05. The van der Waals surface area contributed by atoms with Gasteiger partial charge in [0.15, 0.2) is 0 Å². The number of carbonyl (C=O) groups is 1. The Morgan fingerprint density at radius 2 is 1.85 bits per heavy atom. The molecule has 0 saturated heterocycles. The minimum absolute atomic E-state index is 0.225. The van der Waals surface area contributed by atoms with E-state index in [1.54, 1.807) is 0 Å². The van der Waals surface area contributed by atoms with Crippen LogP contribution in [0.3, 0.4) is 0 Å². The molecular weight excluding hydrogens is 207 g/mol. The molecule has 0 saturated carbocycles. The monoisotopic (exact) mass is 224 g/mol. The maximum Gasteiger partial charge on any atom is 0.221 e. The average molecular weight is 225 g/mol. The van der Waals surface area contributed by atoms with Crippen LogP contribution in [0.4, 0.5) is 0 Å². The van der Waals surface area contributed by atoms with E-state index in [-0.39, 0.29) is 10.6 Å². The smallest absolute Gasteiger partial charge is 0.221 e. The highest BCUT2D eigenvalue weighted by molar-refractivity contribution is 6.63. The second-order valence-corrected chi connectivity index (χ2v) is 4.38. The summed E-state index contributed by atoms with van der Waals surface area (Å²) < 4.78 is 0. The third-order valence-electron chi connectivity index (χ3n) is 2.01. The van der Waals surface area contributed by atoms with E-state index in [0.29, 0.717) is 6.42 Å². The summed E-state index contributed by atoms with van der Waals surface area (Å²) in [5.41, 5.74) is 0. The fraction of sp³-hybridized carbons (Fsp3) is 0.900. The molecule has 1 unspecified atom stereocenters. The van der Waals surface area contributed by atoms with Gasteiger partial charge in [0.25, 0.3) is 0 Å². The molecule has 0 aromatic heterocycles. The van der Waals surface area contributed by atoms with Gasteiger partial charge in [-0.25, -0.2) is 0 Å². The van der Waals surface area contributed by atoms with Crippen molar-refractivity contribution in [1.82, 2.24) is 0 Å². The Bertz CT molecular complexity index is 137. The van der Waals surface area contributed by atoms with Crippen molar-refractivity contribution in [1.29, 1.82) is 0 Å². The molecular formula is C10H18Cl2O. The third kappa shape index (κ3) is 10.2. The van der Waals surface area contributed by atoms with Crippen molar-refractivity contribution in [2.45, 2.75) is 57.2 Å². The molecule has 0 radical (unpaired) electrons. The molecule has 1 nitrogen and oxygen atoms in total. The lowest BCUT2D eigenvalue weighted by Gasteiger charge is -2.07. The fourth-order valence-electron chi connectivity index (χ4n) is 1.22. The Morgan fingerprint density at radius 3 is 2.38 bits per heavy atom. The lowest BCUT2D eigenvalue weighted by Crippen LogP contribution is -1.99. The van der Waals surface area contributed by atoms with Crippen LogP contribution in [0.2, 0.25) is 0 Å². The highest BCUT2D eigenvalue weighted by atomic mass is 35.5. The van der Waals surface area contributed by atoms with E-state index in [0.717, 1.165) is 19.3 Å². The van der Waals surface area contributed by atoms with Gasteiger partial charge in [0.05, 0.1) is 0 Å². The molecule has 1 atom stereocenters. The topological polar surface area (TPSA) is 17.1 Å². The fourth-order valence-corrected chi connectivity index (χ4v) is 1.66. The Labute approximate surface area is 90.8 Å². The molecule has 0 spiro atoms. The first kappa shape index (κ1) is 13.2. The molecule has 0 aliphatic heterocycles. The standard InChI is InChI=1S/C10H18Cl2O/c1-2-3-4-6-9(11)7-5-8-10(12)13/h9H,2-8H2,1H3. The summed E-state index contributed by atoms with van der Waals surface area (Å²) >= 11 is 11.3. The molecule has 0 fully saturated rings. The summed E-state index contributed by atoms with van der Waals surface area (Å²) in [7, 11) is 0. The number of alkyl halides is 1. The van der Waals surface area contributed by atoms with Gasteiger partial charge >= 0.3 is 0 Å². The SMILES string of the molecule is CCCCCC(Cl)CCCC(=O)Cl. The van der Waals surface area contributed by atoms with Crippen molar-refractivity contribution in [2.24, 2.45) is 0 Å². The molecule has 0 N–H and O–H groups in total. The molecule has 0 heterocycles. The second kappa shape index (κ2) is 8.83. The predicted octanol–water partition coefficient (Wildman–Crippen LogP) is 4.11. The molecule has 0 amide bonds. The molecule has 0 rings (SSSR count). The van der Waals surface area contributed by atoms with E-state index >= 15 is 0 Å². The summed E-state index contributed by atoms with van der Waals surface area (Å²) in [6.07, 6.45) is 6.91. The minimum Gasteiger partial charge on any atom is -0.281 e. The molecule has 0 aliphatic carbocycles. The van der Waals surface area contributed by atoms with E-state index in [4.69, 9.17) is 23.2 Å². The Kier molecular flexibility index (Phi) is 9.00. The van der Waals surface area contributed by atoms with E-state index in [1.807, 2.05) is 0 Å². The quantitative estimate of drug-likeness (QED) is 0.345. The van der Waals surface area contributed by atoms with Crippen LogP contribution >= 0.6 is 23.2 Å². The largest absolute Gasteiger partial charge is 0.281 e. The molecule has 0 bridgehead atoms. The van der Waals surface area contributed by atoms with E-state index in [1.165, 1.54) is 19.3 Å². The number of hydrogen-bond donors (Lipinski definition) is 0. The van der Waals surface area contributed by atoms with Gasteiger partial charge in [0.1, 0.15) is 0 Å². The zero-order chi connectivity index (χ0) is 10.1. The second-order valence-electron chi connectivity index (χ2n) is 3.34. The van der Waals surface area contributed by atoms with Gasteiger partial charge in [-0.15, -0.1) is 11.6 Å². The van der Waals surface area contributed by atoms with E-state index in [9.17, 15) is 4.79 Å². The summed E-state index contributed by atoms with van der Waals surface area (Å²) in [6.45, 7) is 2.18. The first-order valence-corrected chi connectivity index (χ1v) is 5.80. The van der Waals surface area contributed by atoms with Crippen molar-refractivity contribution in [3.05, 3.63) is 0 Å². The predicted molar refractivity (Wildman–Crippen MR) is 58.5 cm³/mol. The van der Waals surface area contributed by atoms with Crippen LogP contribution in [0.15, 0.2) is 0 Å². The molecule has 0 aliphatic rings. The van der Waals surface area contributed by atoms with Crippen LogP contribution < -0.4 is 0 Å². The van der Waals surface area contributed by atoms with Crippen molar-refractivity contribution >= 4 is 28.4 Å². The summed E-state index contributed by atoms with van der Waals surface area (Å²) in [6, 6.07) is 0. The Hall–Kier alpha value is 0.250. The van der Waals surface area contributed by atoms with E-state index in [2.05, 4.69) is 6.92 Å². The van der Waals surface area contributed by atoms with Crippen molar-refractivity contribution < 1.29 is 4.79 Å². The average Bonchev–Trinajstić information content (AvgIpc) is 2.04. The molecule has 78 valence electrons. The Balaban J connectivity index is 3.19. The van der Waals surface area contributed by atoms with Crippen molar-refractivity contribution in [3.63, 3.8) is 0 Å². The first-order valence-electron chi connectivity index (χ1n) is 4.99. The minimum atomic E-state index is -0.252. The highest BCUT2D eigenvalue weighted by Crippen LogP contribution is 2.15. The van der Waals surface area contributed by atoms with Crippen molar-refractivity contribution in [3.8, 4) is 0 Å². The molecule has 13 heavy (non-hydrogen) atoms. The van der Waals surface area contributed by atoms with Crippen LogP contribution in [0.25, 0.3) is 0 Å². The van der Waals surface area contributed by atoms with Crippen LogP contribution in [0, 0.1) is 0 Å². The number of halogens is 2. The maximum absolute atomic E-state index is 10.4. The number of hydrogen-bond acceptors (Lipinski definition) is 1. The van der Waals surface area contributed by atoms with Crippen molar-refractivity contribution in [2.75, 3.05) is 0 Å².